The zero-order valence-corrected chi connectivity index (χ0v) is 27.1. The molecule has 0 bridgehead atoms. The van der Waals surface area contributed by atoms with Crippen molar-refractivity contribution in [1.82, 2.24) is 0 Å². The first-order valence-electron chi connectivity index (χ1n) is 17.9. The molecule has 4 aliphatic carbocycles. The number of esters is 1. The van der Waals surface area contributed by atoms with Gasteiger partial charge >= 0.3 is 5.97 Å². The summed E-state index contributed by atoms with van der Waals surface area (Å²) in [6, 6.07) is 0. The Labute approximate surface area is 243 Å². The van der Waals surface area contributed by atoms with Gasteiger partial charge in [-0.3, -0.25) is 4.79 Å². The van der Waals surface area contributed by atoms with Gasteiger partial charge in [0.2, 0.25) is 0 Å². The maximum Gasteiger partial charge on any atom is 0.306 e. The Kier molecular flexibility index (Phi) is 11.3. The quantitative estimate of drug-likeness (QED) is 0.161. The van der Waals surface area contributed by atoms with Gasteiger partial charge in [-0.15, -0.1) is 0 Å². The predicted molar refractivity (Wildman–Crippen MR) is 166 cm³/mol. The second-order valence-corrected chi connectivity index (χ2v) is 15.9. The Bertz CT molecular complexity index is 759. The van der Waals surface area contributed by atoms with Gasteiger partial charge in [0.05, 0.1) is 0 Å². The SMILES string of the molecule is CCCCCCCCCC(=O)O[C@H]1CC[C@@]2(C)C(CC[C@H]3[C@@H]4CC[C@H]([C@H](C)CCCC(C)C)[C@@]4(C)CC[C@@H]32)C1. The van der Waals surface area contributed by atoms with Crippen molar-refractivity contribution in [3.63, 3.8) is 0 Å². The molecule has 4 rings (SSSR count). The smallest absolute Gasteiger partial charge is 0.306 e. The predicted octanol–water partition coefficient (Wildman–Crippen LogP) is 11.2. The summed E-state index contributed by atoms with van der Waals surface area (Å²) in [5.41, 5.74) is 1.07. The van der Waals surface area contributed by atoms with Crippen LogP contribution in [0.25, 0.3) is 0 Å². The van der Waals surface area contributed by atoms with Gasteiger partial charge in [0.15, 0.2) is 0 Å². The van der Waals surface area contributed by atoms with Crippen LogP contribution >= 0.6 is 0 Å². The first kappa shape index (κ1) is 31.4. The van der Waals surface area contributed by atoms with E-state index in [1.165, 1.54) is 103 Å². The fraction of sp³-hybridized carbons (Fsp3) is 0.973. The molecular formula is C37H66O2. The lowest BCUT2D eigenvalue weighted by Crippen LogP contribution is -2.54. The van der Waals surface area contributed by atoms with E-state index < -0.39 is 0 Å². The lowest BCUT2D eigenvalue weighted by Gasteiger charge is -2.61. The molecule has 0 aliphatic heterocycles. The Morgan fingerprint density at radius 3 is 2.21 bits per heavy atom. The van der Waals surface area contributed by atoms with Crippen LogP contribution in [-0.2, 0) is 9.53 Å². The summed E-state index contributed by atoms with van der Waals surface area (Å²) in [4.78, 5) is 12.6. The van der Waals surface area contributed by atoms with Crippen LogP contribution in [0.3, 0.4) is 0 Å². The highest BCUT2D eigenvalue weighted by Crippen LogP contribution is 2.68. The van der Waals surface area contributed by atoms with E-state index in [-0.39, 0.29) is 12.1 Å². The molecule has 0 saturated heterocycles. The number of fused-ring (bicyclic) bond motifs is 5. The number of rotatable bonds is 14. The summed E-state index contributed by atoms with van der Waals surface area (Å²) in [6.07, 6.45) is 26.2. The van der Waals surface area contributed by atoms with Gasteiger partial charge < -0.3 is 4.74 Å². The average molecular weight is 543 g/mol. The summed E-state index contributed by atoms with van der Waals surface area (Å²) >= 11 is 0. The van der Waals surface area contributed by atoms with Crippen molar-refractivity contribution in [2.24, 2.45) is 52.3 Å². The van der Waals surface area contributed by atoms with Gasteiger partial charge in [0.25, 0.3) is 0 Å². The molecule has 2 nitrogen and oxygen atoms in total. The molecule has 226 valence electrons. The number of ether oxygens (including phenoxy) is 1. The molecular weight excluding hydrogens is 476 g/mol. The van der Waals surface area contributed by atoms with Crippen molar-refractivity contribution >= 4 is 5.97 Å². The molecule has 0 spiro atoms. The first-order chi connectivity index (χ1) is 18.7. The normalized spacial score (nSPS) is 38.6. The van der Waals surface area contributed by atoms with Gasteiger partial charge in [-0.1, -0.05) is 99.3 Å². The first-order valence-corrected chi connectivity index (χ1v) is 17.9. The highest BCUT2D eigenvalue weighted by molar-refractivity contribution is 5.69. The largest absolute Gasteiger partial charge is 0.462 e. The minimum Gasteiger partial charge on any atom is -0.462 e. The van der Waals surface area contributed by atoms with Gasteiger partial charge in [-0.2, -0.15) is 0 Å². The lowest BCUT2D eigenvalue weighted by atomic mass is 9.44. The van der Waals surface area contributed by atoms with Crippen molar-refractivity contribution in [3.8, 4) is 0 Å². The van der Waals surface area contributed by atoms with E-state index in [0.717, 1.165) is 60.7 Å². The van der Waals surface area contributed by atoms with Crippen LogP contribution in [0.1, 0.15) is 170 Å². The second-order valence-electron chi connectivity index (χ2n) is 15.9. The number of unbranched alkanes of at least 4 members (excludes halogenated alkanes) is 6. The highest BCUT2D eigenvalue weighted by Gasteiger charge is 2.60. The minimum absolute atomic E-state index is 0.0822. The average Bonchev–Trinajstić information content (AvgIpc) is 3.25. The van der Waals surface area contributed by atoms with E-state index in [1.54, 1.807) is 0 Å². The Balaban J connectivity index is 1.26. The summed E-state index contributed by atoms with van der Waals surface area (Å²) in [5.74, 6) is 6.37. The summed E-state index contributed by atoms with van der Waals surface area (Å²) in [6.45, 7) is 15.0. The maximum atomic E-state index is 12.6. The van der Waals surface area contributed by atoms with Gasteiger partial charge in [-0.05, 0) is 116 Å². The third-order valence-electron chi connectivity index (χ3n) is 13.1. The van der Waals surface area contributed by atoms with E-state index >= 15 is 0 Å². The van der Waals surface area contributed by atoms with E-state index in [0.29, 0.717) is 17.3 Å². The fourth-order valence-corrected chi connectivity index (χ4v) is 10.8. The summed E-state index contributed by atoms with van der Waals surface area (Å²) in [7, 11) is 0. The molecule has 0 aromatic rings. The molecule has 4 aliphatic rings. The van der Waals surface area contributed by atoms with E-state index in [9.17, 15) is 4.79 Å². The molecule has 0 amide bonds. The van der Waals surface area contributed by atoms with Gasteiger partial charge in [0.1, 0.15) is 6.10 Å². The van der Waals surface area contributed by atoms with Crippen molar-refractivity contribution < 1.29 is 9.53 Å². The third kappa shape index (κ3) is 7.28. The zero-order chi connectivity index (χ0) is 28.0. The van der Waals surface area contributed by atoms with Gasteiger partial charge in [0, 0.05) is 6.42 Å². The minimum atomic E-state index is 0.0822. The molecule has 2 heteroatoms. The van der Waals surface area contributed by atoms with Crippen LogP contribution in [-0.4, -0.2) is 12.1 Å². The van der Waals surface area contributed by atoms with E-state index in [2.05, 4.69) is 41.5 Å². The van der Waals surface area contributed by atoms with Crippen LogP contribution in [0.2, 0.25) is 0 Å². The number of carbonyl (C=O) groups is 1. The fourth-order valence-electron chi connectivity index (χ4n) is 10.8. The lowest BCUT2D eigenvalue weighted by molar-refractivity contribution is -0.162. The van der Waals surface area contributed by atoms with Crippen LogP contribution in [0.4, 0.5) is 0 Å². The van der Waals surface area contributed by atoms with Crippen molar-refractivity contribution in [3.05, 3.63) is 0 Å². The Hall–Kier alpha value is -0.530. The molecule has 0 heterocycles. The molecule has 1 unspecified atom stereocenters. The zero-order valence-electron chi connectivity index (χ0n) is 27.1. The van der Waals surface area contributed by atoms with Crippen molar-refractivity contribution in [1.29, 1.82) is 0 Å². The van der Waals surface area contributed by atoms with Crippen molar-refractivity contribution in [2.45, 2.75) is 176 Å². The molecule has 4 saturated carbocycles. The van der Waals surface area contributed by atoms with Crippen molar-refractivity contribution in [2.75, 3.05) is 0 Å². The highest BCUT2D eigenvalue weighted by atomic mass is 16.5. The molecule has 0 N–H and O–H groups in total. The molecule has 9 atom stereocenters. The molecule has 4 fully saturated rings. The van der Waals surface area contributed by atoms with E-state index in [4.69, 9.17) is 4.74 Å². The third-order valence-corrected chi connectivity index (χ3v) is 13.1. The second kappa shape index (κ2) is 14.1. The standard InChI is InChI=1S/C37H66O2/c1-7-8-9-10-11-12-13-17-35(38)39-30-22-24-36(5)29(26-30)18-19-31-33-21-20-32(28(4)16-14-15-27(2)3)37(33,6)25-23-34(31)36/h27-34H,7-26H2,1-6H3/t28-,29?,30+,31+,32-,33+,34+,36+,37-/m1/s1. The molecule has 0 aromatic heterocycles. The molecule has 39 heavy (non-hydrogen) atoms. The maximum absolute atomic E-state index is 12.6. The number of hydrogen-bond acceptors (Lipinski definition) is 2. The molecule has 0 radical (unpaired) electrons. The van der Waals surface area contributed by atoms with Crippen LogP contribution < -0.4 is 0 Å². The Morgan fingerprint density at radius 1 is 0.769 bits per heavy atom. The van der Waals surface area contributed by atoms with Crippen LogP contribution in [0.5, 0.6) is 0 Å². The van der Waals surface area contributed by atoms with Crippen LogP contribution in [0.15, 0.2) is 0 Å². The summed E-state index contributed by atoms with van der Waals surface area (Å²) < 4.78 is 6.10. The monoisotopic (exact) mass is 543 g/mol. The Morgan fingerprint density at radius 2 is 1.46 bits per heavy atom. The number of carbonyl (C=O) groups excluding carboxylic acids is 1. The van der Waals surface area contributed by atoms with Crippen LogP contribution in [0, 0.1) is 52.3 Å². The molecule has 0 aromatic carbocycles. The summed E-state index contributed by atoms with van der Waals surface area (Å²) in [5, 5.41) is 0. The van der Waals surface area contributed by atoms with Gasteiger partial charge in [-0.25, -0.2) is 0 Å². The topological polar surface area (TPSA) is 26.3 Å². The number of hydrogen-bond donors (Lipinski definition) is 0. The van der Waals surface area contributed by atoms with E-state index in [1.807, 2.05) is 0 Å².